The molecule has 0 saturated heterocycles. The molecule has 12 heterocycles. The third-order valence-corrected chi connectivity index (χ3v) is 18.9. The Morgan fingerprint density at radius 2 is 0.582 bits per heavy atom. The second-order valence-corrected chi connectivity index (χ2v) is 28.4. The lowest BCUT2D eigenvalue weighted by molar-refractivity contribution is 0.0169. The minimum atomic E-state index is -3.04. The van der Waals surface area contributed by atoms with Crippen LogP contribution in [0.1, 0.15) is 203 Å². The van der Waals surface area contributed by atoms with E-state index in [0.29, 0.717) is 60.8 Å². The normalized spacial score (nSPS) is 15.2. The van der Waals surface area contributed by atoms with Crippen LogP contribution < -0.4 is 42.5 Å². The zero-order valence-corrected chi connectivity index (χ0v) is 65.3. The molecule has 4 aliphatic rings. The van der Waals surface area contributed by atoms with Crippen LogP contribution in [0.3, 0.4) is 0 Å². The molecule has 4 saturated carbocycles. The maximum absolute atomic E-state index is 13.8. The van der Waals surface area contributed by atoms with Gasteiger partial charge in [-0.05, 0) is 139 Å². The highest BCUT2D eigenvalue weighted by Crippen LogP contribution is 2.43. The van der Waals surface area contributed by atoms with Crippen LogP contribution in [0, 0.1) is 0 Å². The summed E-state index contributed by atoms with van der Waals surface area (Å²) in [6.45, 7) is 19.9. The lowest BCUT2D eigenvalue weighted by Crippen LogP contribution is -2.15. The van der Waals surface area contributed by atoms with Crippen LogP contribution in [0.5, 0.6) is 0 Å². The number of nitrogens with one attached hydrogen (secondary N) is 8. The van der Waals surface area contributed by atoms with Crippen molar-refractivity contribution in [3.05, 3.63) is 141 Å². The van der Waals surface area contributed by atoms with E-state index < -0.39 is 11.8 Å². The fourth-order valence-corrected chi connectivity index (χ4v) is 12.1. The molecule has 4 aliphatic carbocycles. The van der Waals surface area contributed by atoms with Crippen molar-refractivity contribution in [3.8, 4) is 0 Å². The summed E-state index contributed by atoms with van der Waals surface area (Å²) < 4.78 is 64.8. The van der Waals surface area contributed by atoms with E-state index >= 15 is 0 Å². The van der Waals surface area contributed by atoms with Gasteiger partial charge in [0.2, 0.25) is 23.8 Å². The summed E-state index contributed by atoms with van der Waals surface area (Å²) in [5.74, 6) is 0.375. The minimum Gasteiger partial charge on any atom is -0.370 e. The fraction of sp³-hybridized carbons (Fsp3) is 0.471. The summed E-state index contributed by atoms with van der Waals surface area (Å²) in [6, 6.07) is 8.89. The fourth-order valence-electron chi connectivity index (χ4n) is 11.4. The average Bonchev–Trinajstić information content (AvgIpc) is 1.69. The van der Waals surface area contributed by atoms with Crippen molar-refractivity contribution in [2.45, 2.75) is 181 Å². The lowest BCUT2D eigenvalue weighted by Gasteiger charge is -2.16. The number of aromatic nitrogens is 28. The third kappa shape index (κ3) is 18.9. The van der Waals surface area contributed by atoms with Gasteiger partial charge in [-0.2, -0.15) is 100 Å². The molecule has 0 aromatic carbocycles. The molecule has 42 heteroatoms. The highest BCUT2D eigenvalue weighted by Gasteiger charge is 2.36. The van der Waals surface area contributed by atoms with E-state index in [0.717, 1.165) is 146 Å². The van der Waals surface area contributed by atoms with Crippen molar-refractivity contribution in [1.29, 1.82) is 0 Å². The van der Waals surface area contributed by atoms with Crippen molar-refractivity contribution in [2.75, 3.05) is 68.7 Å². The van der Waals surface area contributed by atoms with E-state index in [9.17, 15) is 17.6 Å². The van der Waals surface area contributed by atoms with Crippen molar-refractivity contribution in [2.24, 2.45) is 0 Å². The molecule has 16 rings (SSSR count). The predicted molar refractivity (Wildman–Crippen MR) is 410 cm³/mol. The van der Waals surface area contributed by atoms with E-state index in [2.05, 4.69) is 155 Å². The van der Waals surface area contributed by atoms with Gasteiger partial charge in [0, 0.05) is 89.1 Å². The van der Waals surface area contributed by atoms with E-state index in [-0.39, 0.29) is 58.8 Å². The first-order valence-corrected chi connectivity index (χ1v) is 38.0. The standard InChI is InChI=1S/2C18H23F2N9.2C16H20BrN9/c2*1-4-21-16-13(18(3,19)20)10-22-17(26-16)25-15-9-14(27-28(15)12-5-6-12)11(2)29-23-7-8-24-29;2*1-3-18-15-12(17)9-19-16(23-15)22-14-8-13(24-25(14)11-4-5-11)10(2)26-20-6-7-21-26/h2*7-12H,4-6H2,1-3H3,(H2,21,22,25,26);2*6-11H,3-5H2,1-2H3,(H2,18,19,22,23). The summed E-state index contributed by atoms with van der Waals surface area (Å²) in [5.41, 5.74) is 2.91. The smallest absolute Gasteiger partial charge is 0.275 e. The third-order valence-electron chi connectivity index (χ3n) is 17.8. The van der Waals surface area contributed by atoms with Gasteiger partial charge >= 0.3 is 0 Å². The second kappa shape index (κ2) is 33.7. The van der Waals surface area contributed by atoms with Gasteiger partial charge in [-0.3, -0.25) is 0 Å². The largest absolute Gasteiger partial charge is 0.370 e. The number of hydrogen-bond acceptors (Lipinski definition) is 28. The van der Waals surface area contributed by atoms with Crippen LogP contribution in [-0.2, 0) is 11.8 Å². The first-order chi connectivity index (χ1) is 53.0. The molecular formula is C68H86Br2F4N36. The molecule has 580 valence electrons. The van der Waals surface area contributed by atoms with E-state index in [4.69, 9.17) is 20.4 Å². The van der Waals surface area contributed by atoms with Gasteiger partial charge < -0.3 is 42.5 Å². The zero-order valence-electron chi connectivity index (χ0n) is 62.1. The van der Waals surface area contributed by atoms with Gasteiger partial charge in [-0.15, -0.1) is 0 Å². The number of alkyl halides is 4. The van der Waals surface area contributed by atoms with Crippen LogP contribution in [0.4, 0.5) is 87.9 Å². The van der Waals surface area contributed by atoms with Gasteiger partial charge in [-0.25, -0.2) is 56.2 Å². The number of anilines is 12. The molecule has 110 heavy (non-hydrogen) atoms. The highest BCUT2D eigenvalue weighted by molar-refractivity contribution is 9.11. The van der Waals surface area contributed by atoms with Crippen molar-refractivity contribution in [1.82, 2.24) is 139 Å². The monoisotopic (exact) mass is 1640 g/mol. The van der Waals surface area contributed by atoms with Crippen LogP contribution in [0.2, 0.25) is 0 Å². The SMILES string of the molecule is CCNc1nc(Nc2cc(C(C)n3nccn3)nn2C2CC2)ncc1Br.CCNc1nc(Nc2cc(C(C)n3nccn3)nn2C2CC2)ncc1Br.CCNc1nc(Nc2cc(C(C)n3nccn3)nn2C2CC2)ncc1C(C)(F)F.CCNc1nc(Nc2cc(C(C)n3nccn3)nn2C2CC2)ncc1C(C)(F)F. The Bertz CT molecular complexity index is 4650. The molecule has 12 aromatic rings. The van der Waals surface area contributed by atoms with Gasteiger partial charge in [0.25, 0.3) is 11.8 Å². The molecular weight excluding hydrogens is 1560 g/mol. The zero-order chi connectivity index (χ0) is 77.4. The summed E-state index contributed by atoms with van der Waals surface area (Å²) in [5, 5.41) is 77.6. The molecule has 4 unspecified atom stereocenters. The number of hydrogen-bond donors (Lipinski definition) is 8. The highest BCUT2D eigenvalue weighted by atomic mass is 79.9. The van der Waals surface area contributed by atoms with Crippen LogP contribution in [0.15, 0.2) is 108 Å². The van der Waals surface area contributed by atoms with Gasteiger partial charge in [0.05, 0.1) is 117 Å². The Balaban J connectivity index is 0.000000129. The van der Waals surface area contributed by atoms with Crippen molar-refractivity contribution < 1.29 is 17.6 Å². The van der Waals surface area contributed by atoms with Gasteiger partial charge in [0.15, 0.2) is 0 Å². The summed E-state index contributed by atoms with van der Waals surface area (Å²) in [6.07, 6.45) is 27.6. The summed E-state index contributed by atoms with van der Waals surface area (Å²) >= 11 is 6.92. The molecule has 0 spiro atoms. The van der Waals surface area contributed by atoms with Crippen molar-refractivity contribution >= 4 is 102 Å². The lowest BCUT2D eigenvalue weighted by atomic mass is 10.2. The summed E-state index contributed by atoms with van der Waals surface area (Å²) in [4.78, 5) is 41.0. The molecule has 4 fully saturated rings. The quantitative estimate of drug-likeness (QED) is 0.0194. The van der Waals surface area contributed by atoms with Crippen molar-refractivity contribution in [3.63, 3.8) is 0 Å². The molecule has 36 nitrogen and oxygen atoms in total. The topological polar surface area (TPSA) is 393 Å². The molecule has 8 N–H and O–H groups in total. The molecule has 0 bridgehead atoms. The van der Waals surface area contributed by atoms with E-state index in [1.54, 1.807) is 81.2 Å². The Morgan fingerprint density at radius 1 is 0.364 bits per heavy atom. The Hall–Kier alpha value is -11.2. The van der Waals surface area contributed by atoms with Crippen LogP contribution in [-0.4, -0.2) is 165 Å². The maximum atomic E-state index is 13.8. The van der Waals surface area contributed by atoms with Gasteiger partial charge in [0.1, 0.15) is 70.7 Å². The Kier molecular flexibility index (Phi) is 23.6. The number of nitrogens with zero attached hydrogens (tertiary/aromatic N) is 28. The maximum Gasteiger partial charge on any atom is 0.275 e. The summed E-state index contributed by atoms with van der Waals surface area (Å²) in [7, 11) is 0. The van der Waals surface area contributed by atoms with E-state index in [1.165, 1.54) is 0 Å². The number of rotatable bonds is 30. The predicted octanol–water partition coefficient (Wildman–Crippen LogP) is 13.3. The number of halogens is 6. The first kappa shape index (κ1) is 77.0. The molecule has 0 amide bonds. The second-order valence-electron chi connectivity index (χ2n) is 26.7. The minimum absolute atomic E-state index is 0.0475. The molecule has 4 atom stereocenters. The average molecular weight is 1640 g/mol. The first-order valence-electron chi connectivity index (χ1n) is 36.4. The van der Waals surface area contributed by atoms with Crippen LogP contribution in [0.25, 0.3) is 0 Å². The molecule has 0 radical (unpaired) electrons. The van der Waals surface area contributed by atoms with Crippen LogP contribution >= 0.6 is 31.9 Å². The Labute approximate surface area is 646 Å². The Morgan fingerprint density at radius 3 is 0.800 bits per heavy atom. The molecule has 0 aliphatic heterocycles. The molecule has 12 aromatic heterocycles. The van der Waals surface area contributed by atoms with E-state index in [1.807, 2.05) is 98.4 Å². The van der Waals surface area contributed by atoms with Gasteiger partial charge in [-0.1, -0.05) is 0 Å².